The Labute approximate surface area is 124 Å². The van der Waals surface area contributed by atoms with E-state index in [2.05, 4.69) is 0 Å². The highest BCUT2D eigenvalue weighted by atomic mass is 19.1. The van der Waals surface area contributed by atoms with Crippen LogP contribution in [0, 0.1) is 5.82 Å². The second-order valence-electron chi connectivity index (χ2n) is 4.46. The maximum atomic E-state index is 13.0. The molecule has 114 valence electrons. The minimum absolute atomic E-state index is 0.0520. The van der Waals surface area contributed by atoms with E-state index in [0.29, 0.717) is 0 Å². The van der Waals surface area contributed by atoms with E-state index in [-0.39, 0.29) is 17.0 Å². The number of pyridine rings is 1. The number of carbonyl (C=O) groups excluding carboxylic acids is 1. The van der Waals surface area contributed by atoms with E-state index >= 15 is 0 Å². The Bertz CT molecular complexity index is 808. The predicted octanol–water partition coefficient (Wildman–Crippen LogP) is 1.89. The number of Topliss-reactive ketones (excluding diaryl/α,β-unsaturated/α-hetero) is 1. The van der Waals surface area contributed by atoms with Gasteiger partial charge in [0.05, 0.1) is 12.7 Å². The zero-order valence-electron chi connectivity index (χ0n) is 11.8. The lowest BCUT2D eigenvalue weighted by molar-refractivity contribution is 0.0690. The summed E-state index contributed by atoms with van der Waals surface area (Å²) in [6.45, 7) is 1.23. The van der Waals surface area contributed by atoms with Gasteiger partial charge in [-0.15, -0.1) is 0 Å². The molecule has 0 saturated heterocycles. The molecule has 7 heteroatoms. The van der Waals surface area contributed by atoms with Crippen LogP contribution in [0.3, 0.4) is 0 Å². The van der Waals surface area contributed by atoms with Gasteiger partial charge in [-0.05, 0) is 31.2 Å². The predicted molar refractivity (Wildman–Crippen MR) is 75.5 cm³/mol. The normalized spacial score (nSPS) is 10.3. The maximum absolute atomic E-state index is 13.0. The van der Waals surface area contributed by atoms with Gasteiger partial charge in [-0.25, -0.2) is 9.18 Å². The molecule has 0 aliphatic heterocycles. The first-order valence-corrected chi connectivity index (χ1v) is 6.20. The lowest BCUT2D eigenvalue weighted by atomic mass is 10.1. The van der Waals surface area contributed by atoms with Crippen molar-refractivity contribution in [2.75, 3.05) is 7.11 Å². The monoisotopic (exact) mass is 305 g/mol. The van der Waals surface area contributed by atoms with Crippen LogP contribution in [0.5, 0.6) is 5.75 Å². The van der Waals surface area contributed by atoms with Gasteiger partial charge in [0.1, 0.15) is 5.82 Å². The van der Waals surface area contributed by atoms with Crippen LogP contribution >= 0.6 is 0 Å². The number of rotatable bonds is 4. The van der Waals surface area contributed by atoms with Gasteiger partial charge >= 0.3 is 5.97 Å². The number of hydrogen-bond donors (Lipinski definition) is 1. The van der Waals surface area contributed by atoms with Crippen LogP contribution in [0.2, 0.25) is 0 Å². The van der Waals surface area contributed by atoms with Crippen LogP contribution in [0.25, 0.3) is 5.69 Å². The number of halogens is 1. The lowest BCUT2D eigenvalue weighted by Crippen LogP contribution is -2.27. The Hall–Kier alpha value is -2.96. The first-order chi connectivity index (χ1) is 10.4. The second-order valence-corrected chi connectivity index (χ2v) is 4.46. The highest BCUT2D eigenvalue weighted by Crippen LogP contribution is 2.23. The van der Waals surface area contributed by atoms with Crippen LogP contribution in [0.4, 0.5) is 4.39 Å². The number of carboxylic acids is 1. The molecule has 6 nitrogen and oxygen atoms in total. The van der Waals surface area contributed by atoms with E-state index in [4.69, 9.17) is 4.74 Å². The van der Waals surface area contributed by atoms with Gasteiger partial charge in [0.25, 0.3) is 5.56 Å². The van der Waals surface area contributed by atoms with Gasteiger partial charge < -0.3 is 9.84 Å². The molecule has 0 spiro atoms. The third-order valence-corrected chi connectivity index (χ3v) is 3.06. The van der Waals surface area contributed by atoms with Crippen molar-refractivity contribution < 1.29 is 23.8 Å². The van der Waals surface area contributed by atoms with Gasteiger partial charge in [-0.3, -0.25) is 14.2 Å². The van der Waals surface area contributed by atoms with Gasteiger partial charge in [0.2, 0.25) is 0 Å². The first-order valence-electron chi connectivity index (χ1n) is 6.20. The Morgan fingerprint density at radius 2 is 1.82 bits per heavy atom. The minimum atomic E-state index is -1.51. The van der Waals surface area contributed by atoms with Crippen molar-refractivity contribution in [1.29, 1.82) is 0 Å². The molecule has 1 N–H and O–H groups in total. The van der Waals surface area contributed by atoms with E-state index in [1.807, 2.05) is 0 Å². The molecule has 2 aromatic rings. The van der Waals surface area contributed by atoms with Gasteiger partial charge in [-0.1, -0.05) is 0 Å². The topological polar surface area (TPSA) is 85.6 Å². The molecule has 2 rings (SSSR count). The average molecular weight is 305 g/mol. The fourth-order valence-electron chi connectivity index (χ4n) is 2.04. The Morgan fingerprint density at radius 1 is 1.23 bits per heavy atom. The van der Waals surface area contributed by atoms with Crippen molar-refractivity contribution in [3.8, 4) is 11.4 Å². The second kappa shape index (κ2) is 5.80. The number of aromatic nitrogens is 1. The van der Waals surface area contributed by atoms with E-state index in [9.17, 15) is 23.9 Å². The number of methoxy groups -OCH3 is 1. The summed E-state index contributed by atoms with van der Waals surface area (Å²) in [7, 11) is 1.18. The summed E-state index contributed by atoms with van der Waals surface area (Å²) in [6, 6.07) is 4.86. The average Bonchev–Trinajstić information content (AvgIpc) is 2.46. The number of hydrogen-bond acceptors (Lipinski definition) is 4. The van der Waals surface area contributed by atoms with Crippen molar-refractivity contribution in [3.63, 3.8) is 0 Å². The number of ketones is 1. The largest absolute Gasteiger partial charge is 0.495 e. The van der Waals surface area contributed by atoms with Crippen molar-refractivity contribution in [2.45, 2.75) is 6.92 Å². The molecular formula is C15H12FNO5. The number of carboxylic acid groups (broad SMARTS) is 1. The number of ether oxygens (including phenoxy) is 1. The molecule has 0 fully saturated rings. The summed E-state index contributed by atoms with van der Waals surface area (Å²) in [6.07, 6.45) is 1.18. The summed E-state index contributed by atoms with van der Waals surface area (Å²) >= 11 is 0. The summed E-state index contributed by atoms with van der Waals surface area (Å²) in [4.78, 5) is 35.4. The standard InChI is InChI=1S/C15H12FNO5/c1-8(18)11-7-17(10-5-3-9(16)4-6-10)14(19)12(15(20)21)13(11)22-2/h3-7H,1-2H3,(H,20,21). The molecular weight excluding hydrogens is 293 g/mol. The van der Waals surface area contributed by atoms with E-state index in [1.165, 1.54) is 32.4 Å². The highest BCUT2D eigenvalue weighted by molar-refractivity contribution is 6.01. The van der Waals surface area contributed by atoms with Crippen molar-refractivity contribution in [2.24, 2.45) is 0 Å². The quantitative estimate of drug-likeness (QED) is 0.872. The molecule has 0 saturated carbocycles. The zero-order chi connectivity index (χ0) is 16.4. The molecule has 0 aliphatic carbocycles. The molecule has 0 amide bonds. The van der Waals surface area contributed by atoms with Crippen LogP contribution in [-0.4, -0.2) is 28.5 Å². The Morgan fingerprint density at radius 3 is 2.27 bits per heavy atom. The number of nitrogens with zero attached hydrogens (tertiary/aromatic N) is 1. The molecule has 0 atom stereocenters. The SMILES string of the molecule is COc1c(C(C)=O)cn(-c2ccc(F)cc2)c(=O)c1C(=O)O. The molecule has 1 aromatic carbocycles. The lowest BCUT2D eigenvalue weighted by Gasteiger charge is -2.13. The Balaban J connectivity index is 2.86. The molecule has 0 aliphatic rings. The van der Waals surface area contributed by atoms with Crippen LogP contribution in [-0.2, 0) is 0 Å². The van der Waals surface area contributed by atoms with E-state index < -0.39 is 28.7 Å². The van der Waals surface area contributed by atoms with E-state index in [1.54, 1.807) is 0 Å². The summed E-state index contributed by atoms with van der Waals surface area (Å²) in [5, 5.41) is 9.23. The minimum Gasteiger partial charge on any atom is -0.495 e. The van der Waals surface area contributed by atoms with Crippen molar-refractivity contribution >= 4 is 11.8 Å². The molecule has 22 heavy (non-hydrogen) atoms. The molecule has 0 unspecified atom stereocenters. The smallest absolute Gasteiger partial charge is 0.345 e. The summed E-state index contributed by atoms with van der Waals surface area (Å²) < 4.78 is 18.9. The first kappa shape index (κ1) is 15.4. The number of aromatic carboxylic acids is 1. The van der Waals surface area contributed by atoms with Gasteiger partial charge in [0, 0.05) is 11.9 Å². The fraction of sp³-hybridized carbons (Fsp3) is 0.133. The summed E-state index contributed by atoms with van der Waals surface area (Å²) in [5.41, 5.74) is -1.34. The van der Waals surface area contributed by atoms with Crippen LogP contribution in [0.1, 0.15) is 27.6 Å². The third-order valence-electron chi connectivity index (χ3n) is 3.06. The van der Waals surface area contributed by atoms with Crippen LogP contribution < -0.4 is 10.3 Å². The molecule has 0 bridgehead atoms. The molecule has 1 aromatic heterocycles. The zero-order valence-corrected chi connectivity index (χ0v) is 11.8. The van der Waals surface area contributed by atoms with E-state index in [0.717, 1.165) is 16.7 Å². The number of benzene rings is 1. The number of carbonyl (C=O) groups is 2. The van der Waals surface area contributed by atoms with Crippen molar-refractivity contribution in [1.82, 2.24) is 4.57 Å². The third kappa shape index (κ3) is 2.60. The van der Waals surface area contributed by atoms with Gasteiger partial charge in [0.15, 0.2) is 17.1 Å². The fourth-order valence-corrected chi connectivity index (χ4v) is 2.04. The summed E-state index contributed by atoms with van der Waals surface area (Å²) in [5.74, 6) is -2.77. The maximum Gasteiger partial charge on any atom is 0.345 e. The molecule has 1 heterocycles. The van der Waals surface area contributed by atoms with Gasteiger partial charge in [-0.2, -0.15) is 0 Å². The van der Waals surface area contributed by atoms with Crippen LogP contribution in [0.15, 0.2) is 35.3 Å². The molecule has 0 radical (unpaired) electrons. The highest BCUT2D eigenvalue weighted by Gasteiger charge is 2.24. The Kier molecular flexibility index (Phi) is 4.07. The van der Waals surface area contributed by atoms with Crippen molar-refractivity contribution in [3.05, 3.63) is 57.8 Å².